The Labute approximate surface area is 151 Å². The van der Waals surface area contributed by atoms with Gasteiger partial charge in [-0.3, -0.25) is 0 Å². The van der Waals surface area contributed by atoms with Crippen molar-refractivity contribution in [3.8, 4) is 10.6 Å². The molecule has 2 aromatic heterocycles. The summed E-state index contributed by atoms with van der Waals surface area (Å²) in [6, 6.07) is 13.8. The largest absolute Gasteiger partial charge is 0.395 e. The Hall–Kier alpha value is -2.70. The van der Waals surface area contributed by atoms with Gasteiger partial charge in [-0.25, -0.2) is 9.97 Å². The first-order chi connectivity index (χ1) is 12.3. The van der Waals surface area contributed by atoms with Gasteiger partial charge in [-0.05, 0) is 12.1 Å². The van der Waals surface area contributed by atoms with E-state index in [1.54, 1.807) is 23.7 Å². The summed E-state index contributed by atoms with van der Waals surface area (Å²) in [6.07, 6.45) is 3.54. The summed E-state index contributed by atoms with van der Waals surface area (Å²) in [5.74, 6) is 0.784. The maximum Gasteiger partial charge on any atom is 0.127 e. The molecule has 0 aliphatic carbocycles. The molecule has 0 atom stereocenters. The van der Waals surface area contributed by atoms with E-state index in [0.29, 0.717) is 13.2 Å². The average Bonchev–Trinajstić information content (AvgIpc) is 3.20. The number of benzene rings is 1. The number of thiazole rings is 1. The Bertz CT molecular complexity index is 805. The summed E-state index contributed by atoms with van der Waals surface area (Å²) in [5.41, 5.74) is 2.89. The molecule has 2 heterocycles. The van der Waals surface area contributed by atoms with Gasteiger partial charge in [0.15, 0.2) is 0 Å². The van der Waals surface area contributed by atoms with Crippen molar-refractivity contribution in [3.05, 3.63) is 72.4 Å². The summed E-state index contributed by atoms with van der Waals surface area (Å²) in [4.78, 5) is 10.7. The molecule has 0 aliphatic heterocycles. The van der Waals surface area contributed by atoms with E-state index in [2.05, 4.69) is 21.9 Å². The Kier molecular flexibility index (Phi) is 5.77. The zero-order valence-corrected chi connectivity index (χ0v) is 14.6. The van der Waals surface area contributed by atoms with Crippen molar-refractivity contribution in [2.75, 3.05) is 25.1 Å². The number of aliphatic hydroxyl groups is 1. The van der Waals surface area contributed by atoms with E-state index >= 15 is 0 Å². The lowest BCUT2D eigenvalue weighted by Crippen LogP contribution is -2.30. The van der Waals surface area contributed by atoms with E-state index in [0.717, 1.165) is 27.6 Å². The summed E-state index contributed by atoms with van der Waals surface area (Å²) in [6.45, 7) is 5.28. The van der Waals surface area contributed by atoms with E-state index in [-0.39, 0.29) is 6.61 Å². The summed E-state index contributed by atoms with van der Waals surface area (Å²) in [7, 11) is 0. The molecular weight excluding hydrogens is 332 g/mol. The Morgan fingerprint density at radius 1 is 1.12 bits per heavy atom. The second-order valence-corrected chi connectivity index (χ2v) is 6.26. The summed E-state index contributed by atoms with van der Waals surface area (Å²) < 4.78 is 0. The number of pyridine rings is 1. The number of nitrogens with one attached hydrogen (secondary N) is 1. The summed E-state index contributed by atoms with van der Waals surface area (Å²) >= 11 is 1.60. The number of hydrogen-bond donors (Lipinski definition) is 2. The van der Waals surface area contributed by atoms with Crippen LogP contribution in [0.15, 0.2) is 66.8 Å². The van der Waals surface area contributed by atoms with Crippen LogP contribution < -0.4 is 5.32 Å². The molecular formula is C19H20N4OS. The number of aliphatic hydroxyl groups excluding tert-OH is 1. The third-order valence-electron chi connectivity index (χ3n) is 3.77. The van der Waals surface area contributed by atoms with Gasteiger partial charge < -0.3 is 15.3 Å². The fraction of sp³-hybridized carbons (Fsp3) is 0.158. The third kappa shape index (κ3) is 4.23. The second kappa shape index (κ2) is 8.41. The normalized spacial score (nSPS) is 10.4. The molecule has 0 amide bonds. The predicted molar refractivity (Wildman–Crippen MR) is 103 cm³/mol. The second-order valence-electron chi connectivity index (χ2n) is 5.37. The summed E-state index contributed by atoms with van der Waals surface area (Å²) in [5, 5.41) is 15.6. The van der Waals surface area contributed by atoms with Crippen molar-refractivity contribution in [1.82, 2.24) is 14.9 Å². The molecule has 25 heavy (non-hydrogen) atoms. The maximum atomic E-state index is 9.45. The molecule has 6 heteroatoms. The van der Waals surface area contributed by atoms with Gasteiger partial charge in [0.05, 0.1) is 13.3 Å². The molecule has 3 rings (SSSR count). The van der Waals surface area contributed by atoms with E-state index < -0.39 is 0 Å². The van der Waals surface area contributed by atoms with Crippen LogP contribution in [-0.4, -0.2) is 39.8 Å². The van der Waals surface area contributed by atoms with Crippen LogP contribution >= 0.6 is 11.3 Å². The quantitative estimate of drug-likeness (QED) is 0.607. The van der Waals surface area contributed by atoms with Gasteiger partial charge in [0.25, 0.3) is 0 Å². The van der Waals surface area contributed by atoms with Gasteiger partial charge in [0, 0.05) is 41.1 Å². The van der Waals surface area contributed by atoms with Crippen LogP contribution in [0.1, 0.15) is 5.56 Å². The van der Waals surface area contributed by atoms with Crippen LogP contribution in [0.25, 0.3) is 16.3 Å². The van der Waals surface area contributed by atoms with Crippen LogP contribution in [0.3, 0.4) is 0 Å². The third-order valence-corrected chi connectivity index (χ3v) is 4.57. The van der Waals surface area contributed by atoms with Crippen molar-refractivity contribution in [2.45, 2.75) is 0 Å². The lowest BCUT2D eigenvalue weighted by molar-refractivity contribution is 0.249. The fourth-order valence-corrected chi connectivity index (χ4v) is 3.20. The van der Waals surface area contributed by atoms with Crippen LogP contribution in [0.2, 0.25) is 0 Å². The minimum absolute atomic E-state index is 0.0440. The Morgan fingerprint density at radius 3 is 2.68 bits per heavy atom. The highest BCUT2D eigenvalue weighted by atomic mass is 32.1. The SMILES string of the molecule is C=C(c1ccccc1-c1nccs1)N(CCO)CNc1ccccn1. The molecule has 0 fully saturated rings. The molecule has 0 bridgehead atoms. The molecule has 128 valence electrons. The number of hydrogen-bond acceptors (Lipinski definition) is 6. The highest BCUT2D eigenvalue weighted by molar-refractivity contribution is 7.13. The molecule has 0 saturated heterocycles. The molecule has 0 unspecified atom stereocenters. The number of anilines is 1. The zero-order valence-electron chi connectivity index (χ0n) is 13.8. The van der Waals surface area contributed by atoms with Gasteiger partial charge in [-0.2, -0.15) is 0 Å². The lowest BCUT2D eigenvalue weighted by atomic mass is 10.0. The predicted octanol–water partition coefficient (Wildman–Crippen LogP) is 3.54. The van der Waals surface area contributed by atoms with Crippen molar-refractivity contribution in [1.29, 1.82) is 0 Å². The first-order valence-corrected chi connectivity index (χ1v) is 8.86. The Balaban J connectivity index is 1.81. The van der Waals surface area contributed by atoms with Gasteiger partial charge >= 0.3 is 0 Å². The molecule has 2 N–H and O–H groups in total. The topological polar surface area (TPSA) is 61.3 Å². The fourth-order valence-electron chi connectivity index (χ4n) is 2.52. The molecule has 5 nitrogen and oxygen atoms in total. The van der Waals surface area contributed by atoms with E-state index in [9.17, 15) is 5.11 Å². The van der Waals surface area contributed by atoms with Crippen LogP contribution in [0, 0.1) is 0 Å². The van der Waals surface area contributed by atoms with E-state index in [1.165, 1.54) is 0 Å². The van der Waals surface area contributed by atoms with Gasteiger partial charge in [-0.15, -0.1) is 11.3 Å². The number of aromatic nitrogens is 2. The van der Waals surface area contributed by atoms with Crippen LogP contribution in [0.5, 0.6) is 0 Å². The van der Waals surface area contributed by atoms with Gasteiger partial charge in [0.2, 0.25) is 0 Å². The van der Waals surface area contributed by atoms with Crippen LogP contribution in [-0.2, 0) is 0 Å². The van der Waals surface area contributed by atoms with E-state index in [4.69, 9.17) is 0 Å². The van der Waals surface area contributed by atoms with Crippen molar-refractivity contribution in [3.63, 3.8) is 0 Å². The minimum atomic E-state index is 0.0440. The van der Waals surface area contributed by atoms with Crippen molar-refractivity contribution < 1.29 is 5.11 Å². The maximum absolute atomic E-state index is 9.45. The van der Waals surface area contributed by atoms with E-state index in [1.807, 2.05) is 52.7 Å². The Morgan fingerprint density at radius 2 is 1.96 bits per heavy atom. The molecule has 0 radical (unpaired) electrons. The van der Waals surface area contributed by atoms with Crippen molar-refractivity contribution >= 4 is 22.9 Å². The molecule has 0 aliphatic rings. The monoisotopic (exact) mass is 352 g/mol. The zero-order chi connectivity index (χ0) is 17.5. The van der Waals surface area contributed by atoms with Crippen LogP contribution in [0.4, 0.5) is 5.82 Å². The van der Waals surface area contributed by atoms with Gasteiger partial charge in [0.1, 0.15) is 10.8 Å². The number of nitrogens with zero attached hydrogens (tertiary/aromatic N) is 3. The standard InChI is InChI=1S/C19H20N4OS/c1-15(16-6-2-3-7-17(16)19-21-10-13-25-19)23(11-12-24)14-22-18-8-4-5-9-20-18/h2-10,13,24H,1,11-12,14H2,(H,20,22). The first-order valence-electron chi connectivity index (χ1n) is 7.98. The molecule has 0 saturated carbocycles. The van der Waals surface area contributed by atoms with Crippen molar-refractivity contribution in [2.24, 2.45) is 0 Å². The first kappa shape index (κ1) is 17.1. The minimum Gasteiger partial charge on any atom is -0.395 e. The highest BCUT2D eigenvalue weighted by Crippen LogP contribution is 2.31. The molecule has 3 aromatic rings. The smallest absolute Gasteiger partial charge is 0.127 e. The number of rotatable bonds is 8. The molecule has 0 spiro atoms. The van der Waals surface area contributed by atoms with Gasteiger partial charge in [-0.1, -0.05) is 36.9 Å². The lowest BCUT2D eigenvalue weighted by Gasteiger charge is -2.27. The average molecular weight is 352 g/mol. The highest BCUT2D eigenvalue weighted by Gasteiger charge is 2.15. The molecule has 1 aromatic carbocycles.